The number of nitrogens with zero attached hydrogens (tertiary/aromatic N) is 2. The molecule has 2 aromatic carbocycles. The molecule has 0 aromatic heterocycles. The maximum absolute atomic E-state index is 10.1. The quantitative estimate of drug-likeness (QED) is 0.539. The summed E-state index contributed by atoms with van der Waals surface area (Å²) in [7, 11) is 0. The van der Waals surface area contributed by atoms with E-state index in [0.29, 0.717) is 20.6 Å². The molecule has 0 aliphatic carbocycles. The molecule has 7 heteroatoms. The lowest BCUT2D eigenvalue weighted by Crippen LogP contribution is -1.85. The van der Waals surface area contributed by atoms with Crippen LogP contribution in [0.4, 0.5) is 5.69 Å². The van der Waals surface area contributed by atoms with Crippen LogP contribution in [0.5, 0.6) is 0 Å². The third-order valence-corrected chi connectivity index (χ3v) is 2.99. The van der Waals surface area contributed by atoms with E-state index in [1.54, 1.807) is 18.2 Å². The number of rotatable bonds is 1. The fourth-order valence-corrected chi connectivity index (χ4v) is 1.78. The van der Waals surface area contributed by atoms with Crippen LogP contribution in [-0.2, 0) is 0 Å². The van der Waals surface area contributed by atoms with Crippen LogP contribution in [0.15, 0.2) is 42.5 Å². The van der Waals surface area contributed by atoms with Crippen LogP contribution in [0.1, 0.15) is 5.56 Å². The molecule has 102 valence electrons. The molecule has 0 unspecified atom stereocenters. The molecule has 0 spiro atoms. The predicted octanol–water partition coefficient (Wildman–Crippen LogP) is 5.11. The van der Waals surface area contributed by atoms with Crippen molar-refractivity contribution in [3.63, 3.8) is 0 Å². The molecule has 20 heavy (non-hydrogen) atoms. The summed E-state index contributed by atoms with van der Waals surface area (Å²) in [6.45, 7) is 0. The highest BCUT2D eigenvalue weighted by molar-refractivity contribution is 6.36. The molecule has 0 aliphatic rings. The van der Waals surface area contributed by atoms with Gasteiger partial charge in [-0.1, -0.05) is 40.9 Å². The van der Waals surface area contributed by atoms with Gasteiger partial charge in [-0.05, 0) is 24.3 Å². The van der Waals surface area contributed by atoms with Crippen LogP contribution >= 0.6 is 34.8 Å². The molecular weight excluding hydrogens is 323 g/mol. The Hall–Kier alpha value is -1.80. The number of benzene rings is 2. The summed E-state index contributed by atoms with van der Waals surface area (Å²) in [6.07, 6.45) is 0. The first-order valence-electron chi connectivity index (χ1n) is 5.19. The van der Waals surface area contributed by atoms with Gasteiger partial charge in [0.2, 0.25) is 0 Å². The third kappa shape index (κ3) is 4.71. The molecule has 0 amide bonds. The molecule has 2 aromatic rings. The van der Waals surface area contributed by atoms with E-state index in [1.165, 1.54) is 24.3 Å². The Labute approximate surface area is 130 Å². The first-order valence-corrected chi connectivity index (χ1v) is 6.33. The highest BCUT2D eigenvalue weighted by Gasteiger charge is 2.02. The normalized spacial score (nSPS) is 9.10. The second-order valence-electron chi connectivity index (χ2n) is 3.44. The van der Waals surface area contributed by atoms with Gasteiger partial charge in [0.05, 0.1) is 20.5 Å². The van der Waals surface area contributed by atoms with Crippen LogP contribution in [0.2, 0.25) is 15.1 Å². The van der Waals surface area contributed by atoms with Crippen molar-refractivity contribution >= 4 is 40.5 Å². The number of halogens is 3. The monoisotopic (exact) mass is 328 g/mol. The van der Waals surface area contributed by atoms with E-state index in [1.807, 2.05) is 6.07 Å². The van der Waals surface area contributed by atoms with Crippen molar-refractivity contribution in [2.24, 2.45) is 0 Å². The number of hydrogen-bond acceptors (Lipinski definition) is 3. The standard InChI is InChI=1S/C7H3Cl2N.C6H4ClNO2/c8-6-2-1-3-7(9)5(6)4-10;7-5-1-3-6(4-2-5)8(9)10/h1-3H;1-4H. The zero-order chi connectivity index (χ0) is 15.1. The van der Waals surface area contributed by atoms with Crippen molar-refractivity contribution in [1.29, 1.82) is 5.26 Å². The van der Waals surface area contributed by atoms with Gasteiger partial charge in [0.15, 0.2) is 0 Å². The Morgan fingerprint density at radius 2 is 1.50 bits per heavy atom. The van der Waals surface area contributed by atoms with Gasteiger partial charge in [-0.3, -0.25) is 10.1 Å². The first kappa shape index (κ1) is 16.3. The highest BCUT2D eigenvalue weighted by Crippen LogP contribution is 2.22. The molecule has 4 nitrogen and oxygen atoms in total. The maximum Gasteiger partial charge on any atom is 0.269 e. The van der Waals surface area contributed by atoms with Gasteiger partial charge in [0.25, 0.3) is 5.69 Å². The van der Waals surface area contributed by atoms with Gasteiger partial charge in [0, 0.05) is 17.2 Å². The van der Waals surface area contributed by atoms with Gasteiger partial charge < -0.3 is 0 Å². The lowest BCUT2D eigenvalue weighted by molar-refractivity contribution is -0.384. The zero-order valence-electron chi connectivity index (χ0n) is 9.89. The fourth-order valence-electron chi connectivity index (χ4n) is 1.17. The van der Waals surface area contributed by atoms with Crippen molar-refractivity contribution < 1.29 is 4.92 Å². The van der Waals surface area contributed by atoms with Crippen LogP contribution in [0.25, 0.3) is 0 Å². The zero-order valence-corrected chi connectivity index (χ0v) is 12.2. The van der Waals surface area contributed by atoms with Crippen molar-refractivity contribution in [1.82, 2.24) is 0 Å². The van der Waals surface area contributed by atoms with E-state index in [2.05, 4.69) is 0 Å². The van der Waals surface area contributed by atoms with Gasteiger partial charge in [-0.15, -0.1) is 0 Å². The van der Waals surface area contributed by atoms with Crippen LogP contribution in [-0.4, -0.2) is 4.92 Å². The van der Waals surface area contributed by atoms with E-state index < -0.39 is 4.92 Å². The summed E-state index contributed by atoms with van der Waals surface area (Å²) < 4.78 is 0. The summed E-state index contributed by atoms with van der Waals surface area (Å²) in [4.78, 5) is 9.61. The summed E-state index contributed by atoms with van der Waals surface area (Å²) >= 11 is 16.7. The number of nitro benzene ring substituents is 1. The lowest BCUT2D eigenvalue weighted by Gasteiger charge is -1.94. The first-order chi connectivity index (χ1) is 9.45. The largest absolute Gasteiger partial charge is 0.269 e. The van der Waals surface area contributed by atoms with Gasteiger partial charge in [0.1, 0.15) is 6.07 Å². The minimum Gasteiger partial charge on any atom is -0.258 e. The number of nitro groups is 1. The third-order valence-electron chi connectivity index (χ3n) is 2.11. The summed E-state index contributed by atoms with van der Waals surface area (Å²) in [5.74, 6) is 0. The Balaban J connectivity index is 0.000000200. The topological polar surface area (TPSA) is 66.9 Å². The molecule has 0 radical (unpaired) electrons. The molecule has 0 bridgehead atoms. The molecule has 2 rings (SSSR count). The molecule has 0 saturated heterocycles. The highest BCUT2D eigenvalue weighted by atomic mass is 35.5. The van der Waals surface area contributed by atoms with Crippen molar-refractivity contribution in [2.45, 2.75) is 0 Å². The minimum atomic E-state index is -0.462. The van der Waals surface area contributed by atoms with Crippen molar-refractivity contribution in [2.75, 3.05) is 0 Å². The summed E-state index contributed by atoms with van der Waals surface area (Å²) in [5.41, 5.74) is 0.398. The molecule has 0 N–H and O–H groups in total. The number of non-ortho nitro benzene ring substituents is 1. The van der Waals surface area contributed by atoms with E-state index in [4.69, 9.17) is 40.1 Å². The van der Waals surface area contributed by atoms with E-state index in [-0.39, 0.29) is 5.69 Å². The Morgan fingerprint density at radius 3 is 1.85 bits per heavy atom. The predicted molar refractivity (Wildman–Crippen MR) is 79.3 cm³/mol. The SMILES string of the molecule is N#Cc1c(Cl)cccc1Cl.O=[N+]([O-])c1ccc(Cl)cc1. The summed E-state index contributed by atoms with van der Waals surface area (Å²) in [6, 6.07) is 12.6. The number of hydrogen-bond donors (Lipinski definition) is 0. The van der Waals surface area contributed by atoms with E-state index in [0.717, 1.165) is 0 Å². The van der Waals surface area contributed by atoms with E-state index >= 15 is 0 Å². The van der Waals surface area contributed by atoms with Crippen LogP contribution in [0, 0.1) is 21.4 Å². The second-order valence-corrected chi connectivity index (χ2v) is 4.69. The average molecular weight is 330 g/mol. The number of nitriles is 1. The Bertz CT molecular complexity index is 631. The van der Waals surface area contributed by atoms with Crippen LogP contribution < -0.4 is 0 Å². The lowest BCUT2D eigenvalue weighted by atomic mass is 10.2. The van der Waals surface area contributed by atoms with E-state index in [9.17, 15) is 10.1 Å². The molecule has 0 heterocycles. The fraction of sp³-hybridized carbons (Fsp3) is 0. The van der Waals surface area contributed by atoms with Gasteiger partial charge in [-0.2, -0.15) is 5.26 Å². The molecule has 0 saturated carbocycles. The van der Waals surface area contributed by atoms with Gasteiger partial charge >= 0.3 is 0 Å². The van der Waals surface area contributed by atoms with Gasteiger partial charge in [-0.25, -0.2) is 0 Å². The smallest absolute Gasteiger partial charge is 0.258 e. The molecule has 0 aliphatic heterocycles. The summed E-state index contributed by atoms with van der Waals surface area (Å²) in [5, 5.41) is 19.9. The molecule has 0 atom stereocenters. The molecular formula is C13H7Cl3N2O2. The minimum absolute atomic E-state index is 0.0596. The van der Waals surface area contributed by atoms with Crippen molar-refractivity contribution in [3.05, 3.63) is 73.2 Å². The van der Waals surface area contributed by atoms with Crippen molar-refractivity contribution in [3.8, 4) is 6.07 Å². The Morgan fingerprint density at radius 1 is 1.00 bits per heavy atom. The van der Waals surface area contributed by atoms with Crippen LogP contribution in [0.3, 0.4) is 0 Å². The molecule has 0 fully saturated rings. The second kappa shape index (κ2) is 7.71. The maximum atomic E-state index is 10.1. The Kier molecular flexibility index (Phi) is 6.26. The average Bonchev–Trinajstić information content (AvgIpc) is 2.40.